The van der Waals surface area contributed by atoms with Crippen LogP contribution in [-0.4, -0.2) is 35.8 Å². The Kier molecular flexibility index (Phi) is 8.28. The Bertz CT molecular complexity index is 873. The maximum atomic E-state index is 11.9. The summed E-state index contributed by atoms with van der Waals surface area (Å²) in [5.74, 6) is 5.05. The first kappa shape index (κ1) is 29.4. The van der Waals surface area contributed by atoms with E-state index in [-0.39, 0.29) is 5.97 Å². The van der Waals surface area contributed by atoms with Crippen LogP contribution in [0.15, 0.2) is 11.8 Å². The summed E-state index contributed by atoms with van der Waals surface area (Å²) in [5.41, 5.74) is 0.687. The molecule has 4 aliphatic carbocycles. The summed E-state index contributed by atoms with van der Waals surface area (Å²) in [4.78, 5) is 11.9. The molecule has 0 amide bonds. The van der Waals surface area contributed by atoms with Gasteiger partial charge in [0.25, 0.3) is 0 Å². The molecule has 4 nitrogen and oxygen atoms in total. The van der Waals surface area contributed by atoms with E-state index in [1.54, 1.807) is 0 Å². The minimum Gasteiger partial charge on any atom is -0.547 e. The van der Waals surface area contributed by atoms with Gasteiger partial charge in [-0.05, 0) is 137 Å². The third-order valence-electron chi connectivity index (χ3n) is 10.9. The highest BCUT2D eigenvalue weighted by Gasteiger charge is 2.62. The zero-order valence-electron chi connectivity index (χ0n) is 25.6. The average molecular weight is 549 g/mol. The van der Waals surface area contributed by atoms with Gasteiger partial charge in [-0.15, -0.1) is 0 Å². The fourth-order valence-corrected chi connectivity index (χ4v) is 11.4. The van der Waals surface area contributed by atoms with Crippen LogP contribution in [0, 0.1) is 46.3 Å². The van der Waals surface area contributed by atoms with Crippen molar-refractivity contribution in [1.82, 2.24) is 0 Å². The Labute approximate surface area is 229 Å². The first-order valence-electron chi connectivity index (χ1n) is 15.2. The van der Waals surface area contributed by atoms with Crippen LogP contribution >= 0.6 is 0 Å². The standard InChI is InChI=1S/C31H56O4Si2/c1-21(11-14-28(32)33-4)24-12-13-25-29-26(16-18-31(24,25)3)30(2)17-15-23(34-36(5,6)7)19-22(30)20-27(29)35-37(8,9)10/h20-26,29H,11-19H2,1-10H3/t21?,22-,23+,24+,25-,26-,29-,30-,31+/m0/s1. The molecule has 212 valence electrons. The van der Waals surface area contributed by atoms with E-state index in [4.69, 9.17) is 13.6 Å². The summed E-state index contributed by atoms with van der Waals surface area (Å²) < 4.78 is 18.6. The Balaban J connectivity index is 1.63. The highest BCUT2D eigenvalue weighted by atomic mass is 28.4. The molecule has 37 heavy (non-hydrogen) atoms. The van der Waals surface area contributed by atoms with Crippen LogP contribution in [-0.2, 0) is 18.4 Å². The minimum atomic E-state index is -1.74. The fraction of sp³-hybridized carbons (Fsp3) is 0.903. The fourth-order valence-electron chi connectivity index (χ4n) is 9.32. The minimum absolute atomic E-state index is 0.0658. The van der Waals surface area contributed by atoms with Gasteiger partial charge in [0.1, 0.15) is 0 Å². The second kappa shape index (κ2) is 10.4. The zero-order chi connectivity index (χ0) is 27.4. The smallest absolute Gasteiger partial charge is 0.305 e. The van der Waals surface area contributed by atoms with Crippen LogP contribution in [0.4, 0.5) is 0 Å². The summed E-state index contributed by atoms with van der Waals surface area (Å²) in [6, 6.07) is 0. The van der Waals surface area contributed by atoms with Gasteiger partial charge in [0.2, 0.25) is 8.32 Å². The number of carbonyl (C=O) groups is 1. The van der Waals surface area contributed by atoms with Crippen LogP contribution in [0.5, 0.6) is 0 Å². The molecule has 0 N–H and O–H groups in total. The van der Waals surface area contributed by atoms with Gasteiger partial charge < -0.3 is 13.6 Å². The van der Waals surface area contributed by atoms with Crippen molar-refractivity contribution in [3.63, 3.8) is 0 Å². The van der Waals surface area contributed by atoms with Gasteiger partial charge in [0.05, 0.1) is 12.9 Å². The molecule has 0 bridgehead atoms. The van der Waals surface area contributed by atoms with Crippen LogP contribution < -0.4 is 0 Å². The predicted molar refractivity (Wildman–Crippen MR) is 157 cm³/mol. The van der Waals surface area contributed by atoms with Crippen LogP contribution in [0.3, 0.4) is 0 Å². The monoisotopic (exact) mass is 548 g/mol. The number of hydrogen-bond acceptors (Lipinski definition) is 4. The van der Waals surface area contributed by atoms with Crippen molar-refractivity contribution >= 4 is 22.6 Å². The number of rotatable bonds is 8. The molecule has 3 fully saturated rings. The van der Waals surface area contributed by atoms with Crippen molar-refractivity contribution in [3.05, 3.63) is 11.8 Å². The lowest BCUT2D eigenvalue weighted by molar-refractivity contribution is -0.141. The Morgan fingerprint density at radius 2 is 1.62 bits per heavy atom. The van der Waals surface area contributed by atoms with Crippen molar-refractivity contribution in [1.29, 1.82) is 0 Å². The average Bonchev–Trinajstić information content (AvgIpc) is 3.13. The van der Waals surface area contributed by atoms with E-state index in [9.17, 15) is 4.79 Å². The zero-order valence-corrected chi connectivity index (χ0v) is 27.6. The van der Waals surface area contributed by atoms with Gasteiger partial charge in [-0.25, -0.2) is 0 Å². The Hall–Kier alpha value is -0.596. The van der Waals surface area contributed by atoms with Crippen molar-refractivity contribution in [2.24, 2.45) is 46.3 Å². The summed E-state index contributed by atoms with van der Waals surface area (Å²) in [5, 5.41) is 0. The lowest BCUT2D eigenvalue weighted by Gasteiger charge is -2.60. The summed E-state index contributed by atoms with van der Waals surface area (Å²) in [6.07, 6.45) is 13.4. The number of esters is 1. The quantitative estimate of drug-likeness (QED) is 0.226. The topological polar surface area (TPSA) is 44.8 Å². The second-order valence-corrected chi connectivity index (χ2v) is 24.5. The molecule has 0 aromatic carbocycles. The molecule has 4 rings (SSSR count). The Morgan fingerprint density at radius 1 is 0.973 bits per heavy atom. The Morgan fingerprint density at radius 3 is 2.24 bits per heavy atom. The molecule has 0 heterocycles. The van der Waals surface area contributed by atoms with Crippen LogP contribution in [0.25, 0.3) is 0 Å². The van der Waals surface area contributed by atoms with E-state index >= 15 is 0 Å². The highest BCUT2D eigenvalue weighted by Crippen LogP contribution is 2.68. The van der Waals surface area contributed by atoms with Gasteiger partial charge in [0.15, 0.2) is 8.32 Å². The lowest BCUT2D eigenvalue weighted by Crippen LogP contribution is -2.55. The molecule has 0 radical (unpaired) electrons. The lowest BCUT2D eigenvalue weighted by atomic mass is 9.46. The maximum Gasteiger partial charge on any atom is 0.305 e. The molecule has 6 heteroatoms. The molecule has 0 saturated heterocycles. The van der Waals surface area contributed by atoms with Crippen LogP contribution in [0.2, 0.25) is 39.3 Å². The molecule has 4 aliphatic rings. The molecule has 0 aromatic heterocycles. The number of methoxy groups -OCH3 is 1. The molecule has 0 aromatic rings. The second-order valence-electron chi connectivity index (χ2n) is 15.6. The molecular weight excluding hydrogens is 493 g/mol. The predicted octanol–water partition coefficient (Wildman–Crippen LogP) is 8.41. The summed E-state index contributed by atoms with van der Waals surface area (Å²) in [7, 11) is -1.78. The van der Waals surface area contributed by atoms with E-state index in [1.807, 2.05) is 0 Å². The van der Waals surface area contributed by atoms with Gasteiger partial charge in [-0.1, -0.05) is 20.8 Å². The number of carbonyl (C=O) groups excluding carboxylic acids is 1. The van der Waals surface area contributed by atoms with E-state index < -0.39 is 16.6 Å². The first-order valence-corrected chi connectivity index (χ1v) is 22.0. The largest absolute Gasteiger partial charge is 0.547 e. The summed E-state index contributed by atoms with van der Waals surface area (Å²) >= 11 is 0. The number of allylic oxidation sites excluding steroid dienone is 2. The van der Waals surface area contributed by atoms with Crippen molar-refractivity contribution in [2.75, 3.05) is 7.11 Å². The van der Waals surface area contributed by atoms with E-state index in [1.165, 1.54) is 51.4 Å². The normalized spacial score (nSPS) is 40.6. The molecule has 9 atom stereocenters. The van der Waals surface area contributed by atoms with E-state index in [0.717, 1.165) is 12.8 Å². The first-order chi connectivity index (χ1) is 17.1. The maximum absolute atomic E-state index is 11.9. The van der Waals surface area contributed by atoms with Crippen molar-refractivity contribution in [3.8, 4) is 0 Å². The van der Waals surface area contributed by atoms with E-state index in [2.05, 4.69) is 66.1 Å². The van der Waals surface area contributed by atoms with E-state index in [0.29, 0.717) is 58.9 Å². The summed E-state index contributed by atoms with van der Waals surface area (Å²) in [6.45, 7) is 21.7. The van der Waals surface area contributed by atoms with Gasteiger partial charge in [-0.2, -0.15) is 0 Å². The number of fused-ring (bicyclic) bond motifs is 5. The van der Waals surface area contributed by atoms with Crippen molar-refractivity contribution in [2.45, 2.75) is 124 Å². The highest BCUT2D eigenvalue weighted by molar-refractivity contribution is 6.70. The molecule has 0 aliphatic heterocycles. The molecule has 3 saturated carbocycles. The number of hydrogen-bond donors (Lipinski definition) is 0. The SMILES string of the molecule is COC(=O)CCC(C)[C@H]1CC[C@H]2[C@@H]3C(O[Si](C)(C)C)=C[C@@H]4C[C@H](O[Si](C)(C)C)CC[C@]4(C)[C@H]3CC[C@]12C. The van der Waals surface area contributed by atoms with Gasteiger partial charge in [-0.3, -0.25) is 4.79 Å². The third kappa shape index (κ3) is 5.96. The molecule has 1 unspecified atom stereocenters. The third-order valence-corrected chi connectivity index (χ3v) is 12.8. The molecule has 0 spiro atoms. The van der Waals surface area contributed by atoms with Crippen LogP contribution in [0.1, 0.15) is 78.6 Å². The molecular formula is C31H56O4Si2. The van der Waals surface area contributed by atoms with Crippen molar-refractivity contribution < 1.29 is 18.4 Å². The number of ether oxygens (including phenoxy) is 1. The van der Waals surface area contributed by atoms with Gasteiger partial charge >= 0.3 is 5.97 Å². The van der Waals surface area contributed by atoms with Gasteiger partial charge in [0, 0.05) is 18.4 Å².